The molecule has 27 atom stereocenters. The van der Waals surface area contributed by atoms with Crippen LogP contribution in [0.15, 0.2) is 12.2 Å². The van der Waals surface area contributed by atoms with Crippen LogP contribution in [-0.4, -0.2) is 287 Å². The zero-order chi connectivity index (χ0) is 69.6. The highest BCUT2D eigenvalue weighted by molar-refractivity contribution is 5.76. The van der Waals surface area contributed by atoms with Crippen LogP contribution in [0.25, 0.3) is 0 Å². The van der Waals surface area contributed by atoms with Gasteiger partial charge in [0.2, 0.25) is 11.8 Å². The third kappa shape index (κ3) is 25.9. The molecule has 0 aliphatic carbocycles. The maximum Gasteiger partial charge on any atom is 0.220 e. The summed E-state index contributed by atoms with van der Waals surface area (Å²) in [5.74, 6) is -1.16. The van der Waals surface area contributed by atoms with E-state index < -0.39 is 205 Å². The number of hydrogen-bond donors (Lipinski definition) is 17. The van der Waals surface area contributed by atoms with Crippen molar-refractivity contribution in [3.63, 3.8) is 0 Å². The molecule has 0 spiro atoms. The molecule has 0 saturated carbocycles. The molecule has 5 heterocycles. The first-order valence-electron chi connectivity index (χ1n) is 35.3. The highest BCUT2D eigenvalue weighted by atomic mass is 16.8. The highest BCUT2D eigenvalue weighted by Gasteiger charge is 2.57. The maximum atomic E-state index is 13.5. The van der Waals surface area contributed by atoms with Gasteiger partial charge in [-0.2, -0.15) is 0 Å². The van der Waals surface area contributed by atoms with Crippen LogP contribution in [0.1, 0.15) is 195 Å². The van der Waals surface area contributed by atoms with Crippen molar-refractivity contribution in [2.75, 3.05) is 33.0 Å². The van der Waals surface area contributed by atoms with E-state index in [0.717, 1.165) is 51.9 Å². The molecule has 0 aromatic carbocycles. The molecule has 29 heteroatoms. The van der Waals surface area contributed by atoms with Crippen molar-refractivity contribution in [1.82, 2.24) is 10.6 Å². The fourth-order valence-corrected chi connectivity index (χ4v) is 12.8. The van der Waals surface area contributed by atoms with Gasteiger partial charge in [0, 0.05) is 13.3 Å². The molecule has 10 unspecified atom stereocenters. The molecule has 0 bridgehead atoms. The molecule has 0 radical (unpaired) electrons. The lowest BCUT2D eigenvalue weighted by molar-refractivity contribution is -0.390. The fourth-order valence-electron chi connectivity index (χ4n) is 12.8. The summed E-state index contributed by atoms with van der Waals surface area (Å²) in [5, 5.41) is 171. The van der Waals surface area contributed by atoms with Crippen molar-refractivity contribution in [2.45, 2.75) is 360 Å². The van der Waals surface area contributed by atoms with Gasteiger partial charge in [0.25, 0.3) is 0 Å². The minimum atomic E-state index is -2.17. The van der Waals surface area contributed by atoms with E-state index in [0.29, 0.717) is 12.8 Å². The predicted octanol–water partition coefficient (Wildman–Crippen LogP) is -0.145. The molecule has 17 N–H and O–H groups in total. The molecule has 0 aromatic heterocycles. The van der Waals surface area contributed by atoms with Gasteiger partial charge >= 0.3 is 0 Å². The van der Waals surface area contributed by atoms with Crippen LogP contribution < -0.4 is 10.6 Å². The van der Waals surface area contributed by atoms with E-state index in [9.17, 15) is 86.2 Å². The summed E-state index contributed by atoms with van der Waals surface area (Å²) in [6.07, 6.45) is -13.3. The van der Waals surface area contributed by atoms with Crippen LogP contribution >= 0.6 is 0 Å². The summed E-state index contributed by atoms with van der Waals surface area (Å²) in [5.41, 5.74) is 0. The highest BCUT2D eigenvalue weighted by Crippen LogP contribution is 2.37. The molecule has 5 rings (SSSR count). The van der Waals surface area contributed by atoms with Gasteiger partial charge in [-0.25, -0.2) is 0 Å². The molecule has 5 saturated heterocycles. The third-order valence-electron chi connectivity index (χ3n) is 18.7. The van der Waals surface area contributed by atoms with E-state index in [1.807, 2.05) is 6.08 Å². The number of allylic oxidation sites excluding steroid dienone is 1. The Morgan fingerprint density at radius 2 is 0.853 bits per heavy atom. The first-order chi connectivity index (χ1) is 45.7. The molecule has 95 heavy (non-hydrogen) atoms. The largest absolute Gasteiger partial charge is 0.394 e. The van der Waals surface area contributed by atoms with E-state index in [4.69, 9.17) is 47.4 Å². The Labute approximate surface area is 559 Å². The monoisotopic (exact) mass is 1370 g/mol. The Morgan fingerprint density at radius 1 is 0.432 bits per heavy atom. The molecule has 29 nitrogen and oxygen atoms in total. The van der Waals surface area contributed by atoms with Crippen molar-refractivity contribution < 1.29 is 134 Å². The fraction of sp³-hybridized carbons (Fsp3) is 0.939. The van der Waals surface area contributed by atoms with Crippen molar-refractivity contribution >= 4 is 11.8 Å². The average molecular weight is 1370 g/mol. The Balaban J connectivity index is 1.25. The number of aliphatic hydroxyl groups is 15. The Kier molecular flexibility index (Phi) is 39.3. The molecule has 5 aliphatic rings. The normalized spacial score (nSPS) is 36.9. The number of carbonyl (C=O) groups excluding carboxylic acids is 2. The van der Waals surface area contributed by atoms with Gasteiger partial charge in [0.05, 0.1) is 51.3 Å². The number of rotatable bonds is 45. The molecule has 5 fully saturated rings. The van der Waals surface area contributed by atoms with Gasteiger partial charge in [0.15, 0.2) is 31.5 Å². The first-order valence-corrected chi connectivity index (χ1v) is 35.3. The number of amides is 2. The first kappa shape index (κ1) is 83.3. The summed E-state index contributed by atoms with van der Waals surface area (Å²) >= 11 is 0. The van der Waals surface area contributed by atoms with Crippen LogP contribution in [0.2, 0.25) is 0 Å². The topological polar surface area (TPSA) is 454 Å². The standard InChI is InChI=1S/C66H120N2O27/c1-5-7-9-11-13-15-17-19-21-23-25-27-29-31-41(74)40(68-46(75)32-30-28-26-24-22-20-18-16-14-12-10-8-6-2)37-86-63-56(84)54(82)58(45(36-72)91-63)92-65-57(85)60(51(79)44(35-71)89-65)94-62-47(67-39(4)73)59(50(78)43(34-70)88-62)93-66-61(53(81)49(77)42(33-69)90-66)95-64-55(83)52(80)48(76)38(3)87-64/h29,31,38,40-45,47-66,69-72,74,76-85H,5-28,30,32-37H2,1-4H3,(H,67,73)(H,68,75)/b31-29+/t38?,40-,41+,42?,43?,44?,45?,47?,48+,49-,50+,51-,52?,53-,54+,55-,56?,57?,58+,59+,60-,61?,62-,63+,64+,65-,66-/m0/s1. The van der Waals surface area contributed by atoms with E-state index in [2.05, 4.69) is 24.5 Å². The van der Waals surface area contributed by atoms with Crippen molar-refractivity contribution in [3.05, 3.63) is 12.2 Å². The Hall–Kier alpha value is -2.32. The third-order valence-corrected chi connectivity index (χ3v) is 18.7. The predicted molar refractivity (Wildman–Crippen MR) is 339 cm³/mol. The zero-order valence-electron chi connectivity index (χ0n) is 56.3. The van der Waals surface area contributed by atoms with E-state index in [1.54, 1.807) is 6.08 Å². The number of unbranched alkanes of at least 4 members (excludes halogenated alkanes) is 23. The number of aliphatic hydroxyl groups excluding tert-OH is 15. The van der Waals surface area contributed by atoms with Gasteiger partial charge in [-0.1, -0.05) is 167 Å². The molecule has 0 aromatic rings. The molecule has 2 amide bonds. The number of nitrogens with one attached hydrogen (secondary N) is 2. The second-order valence-corrected chi connectivity index (χ2v) is 26.4. The zero-order valence-corrected chi connectivity index (χ0v) is 56.3. The van der Waals surface area contributed by atoms with Crippen molar-refractivity contribution in [1.29, 1.82) is 0 Å². The summed E-state index contributed by atoms with van der Waals surface area (Å²) in [7, 11) is 0. The number of carbonyl (C=O) groups is 2. The number of ether oxygens (including phenoxy) is 10. The minimum absolute atomic E-state index is 0.192. The maximum absolute atomic E-state index is 13.5. The average Bonchev–Trinajstić information content (AvgIpc) is 0.776. The summed E-state index contributed by atoms with van der Waals surface area (Å²) in [4.78, 5) is 26.4. The summed E-state index contributed by atoms with van der Waals surface area (Å²) in [6.45, 7) is 2.57. The van der Waals surface area contributed by atoms with Crippen LogP contribution in [0.5, 0.6) is 0 Å². The molecular weight excluding hydrogens is 1250 g/mol. The Bertz CT molecular complexity index is 2090. The van der Waals surface area contributed by atoms with Gasteiger partial charge in [-0.15, -0.1) is 0 Å². The molecule has 556 valence electrons. The molecule has 5 aliphatic heterocycles. The smallest absolute Gasteiger partial charge is 0.220 e. The van der Waals surface area contributed by atoms with Gasteiger partial charge in [0.1, 0.15) is 116 Å². The molecular formula is C66H120N2O27. The second kappa shape index (κ2) is 44.8. The van der Waals surface area contributed by atoms with Crippen molar-refractivity contribution in [3.8, 4) is 0 Å². The Morgan fingerprint density at radius 3 is 1.39 bits per heavy atom. The summed E-state index contributed by atoms with van der Waals surface area (Å²) < 4.78 is 59.1. The lowest BCUT2D eigenvalue weighted by Crippen LogP contribution is -2.70. The van der Waals surface area contributed by atoms with Crippen LogP contribution in [-0.2, 0) is 57.0 Å². The van der Waals surface area contributed by atoms with E-state index >= 15 is 0 Å². The van der Waals surface area contributed by atoms with Gasteiger partial charge in [-0.05, 0) is 26.2 Å². The summed E-state index contributed by atoms with van der Waals surface area (Å²) in [6, 6.07) is -2.81. The minimum Gasteiger partial charge on any atom is -0.394 e. The lowest BCUT2D eigenvalue weighted by Gasteiger charge is -2.50. The van der Waals surface area contributed by atoms with Crippen molar-refractivity contribution in [2.24, 2.45) is 0 Å². The SMILES string of the molecule is CCCCCCCCCCCCC/C=C/[C@@H](O)[C@H](CO[C@@H]1OC(CO)[C@@H](O[C@@H]2OC(CO)[C@H](O)[C@H](O[C@@H]3OC(CO)[C@@H](O)[C@H](O[C@@H]4OC(CO)[C@H](O)[C@H](O)C4O[C@H]4OC(C)[C@@H](O)C(O)[C@@H]4O)C3NC(C)=O)C2O)[C@H](O)C1O)NC(=O)CCCCCCCCCCCCCCC. The quantitative estimate of drug-likeness (QED) is 0.0279. The van der Waals surface area contributed by atoms with Crippen LogP contribution in [0.4, 0.5) is 0 Å². The van der Waals surface area contributed by atoms with E-state index in [-0.39, 0.29) is 12.3 Å². The second-order valence-electron chi connectivity index (χ2n) is 26.4. The van der Waals surface area contributed by atoms with Gasteiger partial charge in [-0.3, -0.25) is 9.59 Å². The van der Waals surface area contributed by atoms with Crippen LogP contribution in [0, 0.1) is 0 Å². The number of hydrogen-bond acceptors (Lipinski definition) is 27. The van der Waals surface area contributed by atoms with E-state index in [1.165, 1.54) is 110 Å². The lowest BCUT2D eigenvalue weighted by atomic mass is 9.94. The van der Waals surface area contributed by atoms with Crippen LogP contribution in [0.3, 0.4) is 0 Å². The van der Waals surface area contributed by atoms with Gasteiger partial charge < -0.3 is 135 Å².